The van der Waals surface area contributed by atoms with Crippen molar-refractivity contribution < 1.29 is 50.4 Å². The first-order valence-electron chi connectivity index (χ1n) is 0.632. The normalized spacial score (nSPS) is 8.14. The van der Waals surface area contributed by atoms with Gasteiger partial charge in [0.05, 0.1) is 0 Å². The van der Waals surface area contributed by atoms with Gasteiger partial charge in [-0.15, -0.1) is 0 Å². The Morgan fingerprint density at radius 3 is 1.14 bits per heavy atom. The smallest absolute Gasteiger partial charge is 0 e. The van der Waals surface area contributed by atoms with Crippen molar-refractivity contribution in [3.05, 3.63) is 0 Å². The maximum absolute atomic E-state index is 8.69. The monoisotopic (exact) mass is 208 g/mol. The average Bonchev–Trinajstić information content (AvgIpc) is 0.722. The summed E-state index contributed by atoms with van der Waals surface area (Å²) >= 11 is -5.38. The third-order valence-corrected chi connectivity index (χ3v) is 0. The Labute approximate surface area is 99.5 Å². The van der Waals surface area contributed by atoms with Crippen LogP contribution in [0, 0.1) is 0 Å². The minimum absolute atomic E-state index is 0. The predicted molar refractivity (Wildman–Crippen MR) is 11.4 cm³/mol. The van der Waals surface area contributed by atoms with Crippen LogP contribution in [0.3, 0.4) is 0 Å². The van der Waals surface area contributed by atoms with Crippen LogP contribution in [0.25, 0.3) is 0 Å². The van der Waals surface area contributed by atoms with Gasteiger partial charge in [0.1, 0.15) is 0 Å². The molecule has 0 spiro atoms. The molecule has 7 heteroatoms. The molecule has 0 amide bonds. The summed E-state index contributed by atoms with van der Waals surface area (Å²) < 4.78 is 33.1. The Hall–Kier alpha value is 2.23. The maximum Gasteiger partial charge on any atom is 0 e. The van der Waals surface area contributed by atoms with Crippen LogP contribution in [0.5, 0.6) is 0 Å². The van der Waals surface area contributed by atoms with Crippen molar-refractivity contribution in [3.8, 4) is 0 Å². The van der Waals surface area contributed by atoms with E-state index in [1.807, 2.05) is 0 Å². The van der Waals surface area contributed by atoms with Crippen LogP contribution < -0.4 is 0 Å². The molecule has 0 aliphatic heterocycles. The first-order chi connectivity index (χ1) is 2.00. The molecule has 0 unspecified atom stereocenters. The van der Waals surface area contributed by atoms with Crippen LogP contribution >= 0.6 is 0 Å². The summed E-state index contributed by atoms with van der Waals surface area (Å²) in [6.07, 6.45) is 0. The van der Waals surface area contributed by atoms with Crippen molar-refractivity contribution in [2.75, 3.05) is 0 Å². The summed E-state index contributed by atoms with van der Waals surface area (Å²) in [6.45, 7) is 0. The molecular formula is H2KMnO4Ti. The van der Waals surface area contributed by atoms with Crippen LogP contribution in [0.15, 0.2) is 0 Å². The molecule has 0 aliphatic rings. The molecule has 0 saturated heterocycles. The van der Waals surface area contributed by atoms with Gasteiger partial charge in [0.2, 0.25) is 0 Å². The van der Waals surface area contributed by atoms with Crippen LogP contribution in [0.2, 0.25) is 0 Å². The van der Waals surface area contributed by atoms with Crippen LogP contribution in [0.1, 0.15) is 0 Å². The van der Waals surface area contributed by atoms with Crippen LogP contribution in [0.4, 0.5) is 0 Å². The van der Waals surface area contributed by atoms with Gasteiger partial charge in [0.25, 0.3) is 0 Å². The average molecular weight is 208 g/mol. The van der Waals surface area contributed by atoms with E-state index in [1.54, 1.807) is 0 Å². The molecule has 0 atom stereocenters. The van der Waals surface area contributed by atoms with Gasteiger partial charge in [-0.1, -0.05) is 0 Å². The molecule has 0 aliphatic carbocycles. The minimum atomic E-state index is -5.38. The molecule has 0 aromatic rings. The molecule has 0 rings (SSSR count). The quantitative estimate of drug-likeness (QED) is 0.488. The van der Waals surface area contributed by atoms with Crippen LogP contribution in [-0.2, 0) is 46.2 Å². The van der Waals surface area contributed by atoms with E-state index in [2.05, 4.69) is 0 Å². The predicted octanol–water partition coefficient (Wildman–Crippen LogP) is -1.57. The van der Waals surface area contributed by atoms with Gasteiger partial charge in [-0.25, -0.2) is 0 Å². The fourth-order valence-corrected chi connectivity index (χ4v) is 0. The topological polar surface area (TPSA) is 71.4 Å². The van der Waals surface area contributed by atoms with E-state index in [1.165, 1.54) is 0 Å². The standard InChI is InChI=1S/K.Mn.H2O.3O.Ti.H/h;;1H2;;;;;/q;+1;;;;;;/p-1. The molecule has 0 heterocycles. The molecule has 38 valence electrons. The fraction of sp³-hybridized carbons (Fsp3) is 0. The zero-order valence-electron chi connectivity index (χ0n) is 2.55. The summed E-state index contributed by atoms with van der Waals surface area (Å²) in [7, 11) is 0. The van der Waals surface area contributed by atoms with Crippen molar-refractivity contribution in [1.82, 2.24) is 0 Å². The number of hydrogen-bond acceptors (Lipinski definition) is 3. The number of hydrogen-bond donors (Lipinski definition) is 1. The molecule has 0 saturated carbocycles. The Morgan fingerprint density at radius 1 is 1.14 bits per heavy atom. The Kier molecular flexibility index (Phi) is 14.6. The molecule has 4 nitrogen and oxygen atoms in total. The van der Waals surface area contributed by atoms with E-state index in [0.717, 1.165) is 0 Å². The molecule has 0 radical (unpaired) electrons. The fourth-order valence-electron chi connectivity index (χ4n) is 0. The van der Waals surface area contributed by atoms with Crippen LogP contribution in [-0.4, -0.2) is 55.6 Å². The molecular weight excluding hydrogens is 206 g/mol. The molecule has 0 aromatic heterocycles. The molecule has 7 heavy (non-hydrogen) atoms. The van der Waals surface area contributed by atoms with Crippen molar-refractivity contribution in [1.29, 1.82) is 0 Å². The first-order valence-corrected chi connectivity index (χ1v) is 2.61. The first kappa shape index (κ1) is 16.1. The second kappa shape index (κ2) is 6.35. The van der Waals surface area contributed by atoms with Gasteiger partial charge in [-0.05, 0) is 0 Å². The summed E-state index contributed by atoms with van der Waals surface area (Å²) in [5.74, 6) is 0. The summed E-state index contributed by atoms with van der Waals surface area (Å²) in [6, 6.07) is 0. The van der Waals surface area contributed by atoms with E-state index >= 15 is 0 Å². The largest absolute Gasteiger partial charge is 0 e. The van der Waals surface area contributed by atoms with Crippen molar-refractivity contribution in [3.63, 3.8) is 0 Å². The Morgan fingerprint density at radius 2 is 1.14 bits per heavy atom. The van der Waals surface area contributed by atoms with Gasteiger partial charge in [-0.3, -0.25) is 0 Å². The van der Waals surface area contributed by atoms with Gasteiger partial charge in [0, 0.05) is 21.7 Å². The summed E-state index contributed by atoms with van der Waals surface area (Å²) in [5.41, 5.74) is 0. The van der Waals surface area contributed by atoms with Gasteiger partial charge >= 0.3 is 80.0 Å². The van der Waals surface area contributed by atoms with E-state index in [0.29, 0.717) is 0 Å². The van der Waals surface area contributed by atoms with Crippen molar-refractivity contribution >= 4 is 51.4 Å². The maximum atomic E-state index is 8.69. The Balaban J connectivity index is -0.0000000800. The van der Waals surface area contributed by atoms with E-state index in [-0.39, 0.29) is 73.1 Å². The third-order valence-electron chi connectivity index (χ3n) is 0. The second-order valence-electron chi connectivity index (χ2n) is 0.396. The number of rotatable bonds is 0. The van der Waals surface area contributed by atoms with Gasteiger partial charge in [-0.2, -0.15) is 0 Å². The SMILES string of the molecule is [KH].[O]=[Mn](=[O])(=[O])[OH].[Ti]. The third kappa shape index (κ3) is 64.2. The minimum Gasteiger partial charge on any atom is 0 e. The second-order valence-corrected chi connectivity index (χ2v) is 1.63. The Bertz CT molecular complexity index is 133. The van der Waals surface area contributed by atoms with Crippen molar-refractivity contribution in [2.24, 2.45) is 0 Å². The summed E-state index contributed by atoms with van der Waals surface area (Å²) in [5, 5.41) is 0. The van der Waals surface area contributed by atoms with Gasteiger partial charge < -0.3 is 0 Å². The molecule has 0 aromatic carbocycles. The molecule has 1 N–H and O–H groups in total. The van der Waals surface area contributed by atoms with E-state index in [9.17, 15) is 0 Å². The zero-order valence-corrected chi connectivity index (χ0v) is 5.29. The molecule has 0 fully saturated rings. The molecule has 0 bridgehead atoms. The van der Waals surface area contributed by atoms with Crippen molar-refractivity contribution in [2.45, 2.75) is 0 Å². The van der Waals surface area contributed by atoms with E-state index in [4.69, 9.17) is 15.7 Å². The van der Waals surface area contributed by atoms with Gasteiger partial charge in [0.15, 0.2) is 0 Å². The van der Waals surface area contributed by atoms with E-state index < -0.39 is 13.0 Å². The summed E-state index contributed by atoms with van der Waals surface area (Å²) in [4.78, 5) is 0. The zero-order chi connectivity index (χ0) is 4.50.